The van der Waals surface area contributed by atoms with Gasteiger partial charge < -0.3 is 4.74 Å². The Morgan fingerprint density at radius 1 is 1.23 bits per heavy atom. The van der Waals surface area contributed by atoms with Crippen LogP contribution in [-0.2, 0) is 9.53 Å². The molecule has 0 saturated heterocycles. The summed E-state index contributed by atoms with van der Waals surface area (Å²) in [6.07, 6.45) is 1.79. The predicted molar refractivity (Wildman–Crippen MR) is 54.8 cm³/mol. The Hall–Kier alpha value is -0.370. The minimum absolute atomic E-state index is 0.0790. The molecule has 0 saturated carbocycles. The van der Waals surface area contributed by atoms with Crippen molar-refractivity contribution in [2.24, 2.45) is 5.92 Å². The summed E-state index contributed by atoms with van der Waals surface area (Å²) < 4.78 is 5.56. The first-order valence-electron chi connectivity index (χ1n) is 5.18. The first kappa shape index (κ1) is 12.6. The number of ether oxygens (including phenoxy) is 1. The van der Waals surface area contributed by atoms with Gasteiger partial charge in [0.2, 0.25) is 0 Å². The van der Waals surface area contributed by atoms with Crippen molar-refractivity contribution in [1.82, 2.24) is 0 Å². The first-order valence-corrected chi connectivity index (χ1v) is 5.18. The summed E-state index contributed by atoms with van der Waals surface area (Å²) in [4.78, 5) is 11.6. The zero-order valence-electron chi connectivity index (χ0n) is 9.46. The maximum atomic E-state index is 11.6. The Morgan fingerprint density at radius 3 is 2.08 bits per heavy atom. The third-order valence-electron chi connectivity index (χ3n) is 1.87. The molecule has 0 aliphatic rings. The van der Waals surface area contributed by atoms with Crippen LogP contribution in [0.3, 0.4) is 0 Å². The number of hydrogen-bond donors (Lipinski definition) is 0. The molecule has 0 aromatic rings. The number of hydrogen-bond acceptors (Lipinski definition) is 2. The summed E-state index contributed by atoms with van der Waals surface area (Å²) in [6, 6.07) is 0. The number of Topliss-reactive ketones (excluding diaryl/α,β-unsaturated/α-hetero) is 1. The lowest BCUT2D eigenvalue weighted by Crippen LogP contribution is -2.30. The van der Waals surface area contributed by atoms with Crippen LogP contribution in [0.4, 0.5) is 0 Å². The smallest absolute Gasteiger partial charge is 0.164 e. The zero-order valence-corrected chi connectivity index (χ0v) is 9.46. The summed E-state index contributed by atoms with van der Waals surface area (Å²) in [5.41, 5.74) is 0. The van der Waals surface area contributed by atoms with E-state index in [4.69, 9.17) is 4.74 Å². The minimum Gasteiger partial charge on any atom is -0.368 e. The van der Waals surface area contributed by atoms with E-state index in [1.54, 1.807) is 0 Å². The second-order valence-electron chi connectivity index (χ2n) is 4.02. The molecular formula is C11H22O2. The highest BCUT2D eigenvalue weighted by Crippen LogP contribution is 2.11. The standard InChI is InChI=1S/C11H22O2/c1-6-7-10(13-9(4)5)11(12)8(2)3/h8-10H,6-7H2,1-5H3/t10-/m1/s1. The van der Waals surface area contributed by atoms with Crippen molar-refractivity contribution in [2.75, 3.05) is 0 Å². The van der Waals surface area contributed by atoms with Gasteiger partial charge in [-0.25, -0.2) is 0 Å². The molecule has 0 bridgehead atoms. The van der Waals surface area contributed by atoms with Gasteiger partial charge in [0.25, 0.3) is 0 Å². The van der Waals surface area contributed by atoms with Crippen molar-refractivity contribution in [1.29, 1.82) is 0 Å². The van der Waals surface area contributed by atoms with E-state index in [1.165, 1.54) is 0 Å². The third kappa shape index (κ3) is 5.04. The second kappa shape index (κ2) is 6.14. The SMILES string of the molecule is CCC[C@@H](OC(C)C)C(=O)C(C)C. The summed E-state index contributed by atoms with van der Waals surface area (Å²) in [7, 11) is 0. The molecule has 0 rings (SSSR count). The van der Waals surface area contributed by atoms with Crippen molar-refractivity contribution in [3.63, 3.8) is 0 Å². The topological polar surface area (TPSA) is 26.3 Å². The highest BCUT2D eigenvalue weighted by Gasteiger charge is 2.21. The molecular weight excluding hydrogens is 164 g/mol. The van der Waals surface area contributed by atoms with Crippen LogP contribution < -0.4 is 0 Å². The lowest BCUT2D eigenvalue weighted by atomic mass is 10.0. The zero-order chi connectivity index (χ0) is 10.4. The molecule has 0 unspecified atom stereocenters. The van der Waals surface area contributed by atoms with E-state index < -0.39 is 0 Å². The van der Waals surface area contributed by atoms with Crippen LogP contribution in [0.1, 0.15) is 47.5 Å². The average Bonchev–Trinajstić information content (AvgIpc) is 2.01. The Balaban J connectivity index is 4.15. The van der Waals surface area contributed by atoms with E-state index in [0.717, 1.165) is 12.8 Å². The van der Waals surface area contributed by atoms with Crippen LogP contribution in [-0.4, -0.2) is 18.0 Å². The second-order valence-corrected chi connectivity index (χ2v) is 4.02. The fourth-order valence-electron chi connectivity index (χ4n) is 1.24. The van der Waals surface area contributed by atoms with Crippen LogP contribution in [0.25, 0.3) is 0 Å². The fourth-order valence-corrected chi connectivity index (χ4v) is 1.24. The van der Waals surface area contributed by atoms with Gasteiger partial charge in [-0.15, -0.1) is 0 Å². The number of ketones is 1. The number of carbonyl (C=O) groups excluding carboxylic acids is 1. The molecule has 0 N–H and O–H groups in total. The quantitative estimate of drug-likeness (QED) is 0.637. The van der Waals surface area contributed by atoms with E-state index in [0.29, 0.717) is 0 Å². The lowest BCUT2D eigenvalue weighted by molar-refractivity contribution is -0.136. The van der Waals surface area contributed by atoms with Gasteiger partial charge in [0.1, 0.15) is 6.10 Å². The third-order valence-corrected chi connectivity index (χ3v) is 1.87. The van der Waals surface area contributed by atoms with E-state index >= 15 is 0 Å². The van der Waals surface area contributed by atoms with Crippen LogP contribution in [0, 0.1) is 5.92 Å². The van der Waals surface area contributed by atoms with Gasteiger partial charge in [-0.1, -0.05) is 27.2 Å². The van der Waals surface area contributed by atoms with Gasteiger partial charge in [-0.05, 0) is 20.3 Å². The summed E-state index contributed by atoms with van der Waals surface area (Å²) >= 11 is 0. The summed E-state index contributed by atoms with van der Waals surface area (Å²) in [5.74, 6) is 0.311. The predicted octanol–water partition coefficient (Wildman–Crippen LogP) is 2.81. The highest BCUT2D eigenvalue weighted by molar-refractivity contribution is 5.84. The maximum Gasteiger partial charge on any atom is 0.164 e. The van der Waals surface area contributed by atoms with Crippen LogP contribution in [0.2, 0.25) is 0 Å². The van der Waals surface area contributed by atoms with Crippen LogP contribution in [0.15, 0.2) is 0 Å². The van der Waals surface area contributed by atoms with Gasteiger partial charge in [-0.2, -0.15) is 0 Å². The first-order chi connectivity index (χ1) is 5.99. The molecule has 0 aromatic heterocycles. The molecule has 2 nitrogen and oxygen atoms in total. The Bertz CT molecular complexity index is 150. The molecule has 0 amide bonds. The van der Waals surface area contributed by atoms with Crippen LogP contribution >= 0.6 is 0 Å². The molecule has 1 atom stereocenters. The van der Waals surface area contributed by atoms with E-state index in [1.807, 2.05) is 27.7 Å². The Kier molecular flexibility index (Phi) is 5.97. The molecule has 0 spiro atoms. The molecule has 78 valence electrons. The molecule has 0 radical (unpaired) electrons. The molecule has 0 heterocycles. The molecule has 0 aliphatic heterocycles. The Labute approximate surface area is 81.7 Å². The van der Waals surface area contributed by atoms with Crippen molar-refractivity contribution in [2.45, 2.75) is 59.7 Å². The summed E-state index contributed by atoms with van der Waals surface area (Å²) in [6.45, 7) is 9.86. The van der Waals surface area contributed by atoms with Crippen LogP contribution in [0.5, 0.6) is 0 Å². The Morgan fingerprint density at radius 2 is 1.77 bits per heavy atom. The van der Waals surface area contributed by atoms with Crippen molar-refractivity contribution in [3.8, 4) is 0 Å². The van der Waals surface area contributed by atoms with E-state index in [2.05, 4.69) is 6.92 Å². The minimum atomic E-state index is -0.190. The van der Waals surface area contributed by atoms with Crippen molar-refractivity contribution in [3.05, 3.63) is 0 Å². The van der Waals surface area contributed by atoms with Gasteiger partial charge in [0.15, 0.2) is 5.78 Å². The van der Waals surface area contributed by atoms with Gasteiger partial charge in [0, 0.05) is 5.92 Å². The highest BCUT2D eigenvalue weighted by atomic mass is 16.5. The maximum absolute atomic E-state index is 11.6. The van der Waals surface area contributed by atoms with Crippen molar-refractivity contribution >= 4 is 5.78 Å². The fraction of sp³-hybridized carbons (Fsp3) is 0.909. The molecule has 0 fully saturated rings. The van der Waals surface area contributed by atoms with Gasteiger partial charge in [0.05, 0.1) is 6.10 Å². The van der Waals surface area contributed by atoms with E-state index in [-0.39, 0.29) is 23.9 Å². The number of rotatable bonds is 6. The lowest BCUT2D eigenvalue weighted by Gasteiger charge is -2.20. The molecule has 0 aromatic carbocycles. The average molecular weight is 186 g/mol. The van der Waals surface area contributed by atoms with Gasteiger partial charge in [-0.3, -0.25) is 4.79 Å². The van der Waals surface area contributed by atoms with E-state index in [9.17, 15) is 4.79 Å². The van der Waals surface area contributed by atoms with Gasteiger partial charge >= 0.3 is 0 Å². The molecule has 13 heavy (non-hydrogen) atoms. The number of carbonyl (C=O) groups is 1. The largest absolute Gasteiger partial charge is 0.368 e. The van der Waals surface area contributed by atoms with Crippen molar-refractivity contribution < 1.29 is 9.53 Å². The molecule has 2 heteroatoms. The monoisotopic (exact) mass is 186 g/mol. The summed E-state index contributed by atoms with van der Waals surface area (Å²) in [5, 5.41) is 0. The normalized spacial score (nSPS) is 13.8. The molecule has 0 aliphatic carbocycles.